The van der Waals surface area contributed by atoms with Gasteiger partial charge in [-0.2, -0.15) is 0 Å². The Morgan fingerprint density at radius 1 is 1.11 bits per heavy atom. The first kappa shape index (κ1) is 19.6. The van der Waals surface area contributed by atoms with Gasteiger partial charge in [-0.15, -0.1) is 0 Å². The molecule has 4 heterocycles. The van der Waals surface area contributed by atoms with Gasteiger partial charge in [0.15, 0.2) is 0 Å². The minimum absolute atomic E-state index is 0.208. The molecule has 0 radical (unpaired) electrons. The van der Waals surface area contributed by atoms with Crippen LogP contribution in [0.5, 0.6) is 0 Å². The maximum atomic E-state index is 12.4. The molecule has 154 valence electrons. The molecule has 1 aromatic rings. The maximum Gasteiger partial charge on any atom is 0.225 e. The van der Waals surface area contributed by atoms with E-state index >= 15 is 0 Å². The standard InChI is InChI=1S/C21H33N5O2/c1-17(2)14-26-16-21(11-19(26)27)3-5-24(6-4-21)15-18-12-22-20(23-13-18)25-7-9-28-10-8-25/h12-13,17H,3-11,14-16H2,1-2H3. The van der Waals surface area contributed by atoms with E-state index in [0.29, 0.717) is 11.8 Å². The molecule has 1 spiro atoms. The lowest BCUT2D eigenvalue weighted by Crippen LogP contribution is -2.41. The number of rotatable bonds is 5. The van der Waals surface area contributed by atoms with E-state index in [1.165, 1.54) is 0 Å². The molecular formula is C21H33N5O2. The third-order valence-corrected chi connectivity index (χ3v) is 6.30. The van der Waals surface area contributed by atoms with Crippen LogP contribution in [-0.4, -0.2) is 78.2 Å². The van der Waals surface area contributed by atoms with E-state index < -0.39 is 0 Å². The van der Waals surface area contributed by atoms with Gasteiger partial charge in [-0.25, -0.2) is 9.97 Å². The normalized spacial score (nSPS) is 23.2. The van der Waals surface area contributed by atoms with E-state index in [-0.39, 0.29) is 5.41 Å². The number of hydrogen-bond donors (Lipinski definition) is 0. The molecule has 3 saturated heterocycles. The molecule has 0 aromatic carbocycles. The molecule has 1 aromatic heterocycles. The van der Waals surface area contributed by atoms with Crippen molar-refractivity contribution in [3.63, 3.8) is 0 Å². The van der Waals surface area contributed by atoms with Crippen LogP contribution in [0.2, 0.25) is 0 Å². The van der Waals surface area contributed by atoms with Crippen molar-refractivity contribution < 1.29 is 9.53 Å². The van der Waals surface area contributed by atoms with Gasteiger partial charge < -0.3 is 14.5 Å². The number of morpholine rings is 1. The summed E-state index contributed by atoms with van der Waals surface area (Å²) in [6, 6.07) is 0. The largest absolute Gasteiger partial charge is 0.378 e. The molecular weight excluding hydrogens is 354 g/mol. The molecule has 0 atom stereocenters. The third kappa shape index (κ3) is 4.46. The number of amides is 1. The van der Waals surface area contributed by atoms with Gasteiger partial charge in [0.1, 0.15) is 0 Å². The highest BCUT2D eigenvalue weighted by Gasteiger charge is 2.44. The van der Waals surface area contributed by atoms with Crippen molar-refractivity contribution in [2.45, 2.75) is 39.7 Å². The summed E-state index contributed by atoms with van der Waals surface area (Å²) < 4.78 is 5.39. The van der Waals surface area contributed by atoms with Crippen molar-refractivity contribution >= 4 is 11.9 Å². The number of piperidine rings is 1. The van der Waals surface area contributed by atoms with Crippen molar-refractivity contribution in [2.75, 3.05) is 57.4 Å². The molecule has 7 heteroatoms. The number of likely N-dealkylation sites (tertiary alicyclic amines) is 2. The zero-order chi connectivity index (χ0) is 19.6. The molecule has 28 heavy (non-hydrogen) atoms. The minimum Gasteiger partial charge on any atom is -0.378 e. The van der Waals surface area contributed by atoms with Crippen LogP contribution in [0.25, 0.3) is 0 Å². The number of aromatic nitrogens is 2. The van der Waals surface area contributed by atoms with Gasteiger partial charge in [0, 0.05) is 57.1 Å². The molecule has 0 aliphatic carbocycles. The number of carbonyl (C=O) groups excluding carboxylic acids is 1. The van der Waals surface area contributed by atoms with Crippen LogP contribution < -0.4 is 4.90 Å². The van der Waals surface area contributed by atoms with Crippen molar-refractivity contribution in [1.29, 1.82) is 0 Å². The maximum absolute atomic E-state index is 12.4. The average Bonchev–Trinajstić information content (AvgIpc) is 2.99. The number of carbonyl (C=O) groups is 1. The van der Waals surface area contributed by atoms with Crippen LogP contribution in [0, 0.1) is 11.3 Å². The van der Waals surface area contributed by atoms with Crippen molar-refractivity contribution in [1.82, 2.24) is 19.8 Å². The Balaban J connectivity index is 1.28. The molecule has 0 saturated carbocycles. The Morgan fingerprint density at radius 3 is 2.43 bits per heavy atom. The van der Waals surface area contributed by atoms with E-state index in [1.54, 1.807) is 0 Å². The lowest BCUT2D eigenvalue weighted by Gasteiger charge is -2.39. The molecule has 3 aliphatic heterocycles. The summed E-state index contributed by atoms with van der Waals surface area (Å²) in [5.74, 6) is 1.70. The quantitative estimate of drug-likeness (QED) is 0.768. The van der Waals surface area contributed by atoms with E-state index in [4.69, 9.17) is 4.74 Å². The van der Waals surface area contributed by atoms with E-state index in [0.717, 1.165) is 89.8 Å². The topological polar surface area (TPSA) is 61.8 Å². The lowest BCUT2D eigenvalue weighted by molar-refractivity contribution is -0.128. The highest BCUT2D eigenvalue weighted by molar-refractivity contribution is 5.79. The fourth-order valence-electron chi connectivity index (χ4n) is 4.72. The second-order valence-corrected chi connectivity index (χ2v) is 9.11. The highest BCUT2D eigenvalue weighted by atomic mass is 16.5. The molecule has 3 fully saturated rings. The Morgan fingerprint density at radius 2 is 1.79 bits per heavy atom. The third-order valence-electron chi connectivity index (χ3n) is 6.30. The van der Waals surface area contributed by atoms with Gasteiger partial charge in [-0.3, -0.25) is 9.69 Å². The Bertz CT molecular complexity index is 664. The second kappa shape index (κ2) is 8.33. The van der Waals surface area contributed by atoms with Crippen molar-refractivity contribution in [3.8, 4) is 0 Å². The molecule has 0 unspecified atom stereocenters. The number of nitrogens with zero attached hydrogens (tertiary/aromatic N) is 5. The van der Waals surface area contributed by atoms with Gasteiger partial charge in [-0.1, -0.05) is 13.8 Å². The first-order valence-corrected chi connectivity index (χ1v) is 10.7. The van der Waals surface area contributed by atoms with Crippen LogP contribution in [0.3, 0.4) is 0 Å². The zero-order valence-corrected chi connectivity index (χ0v) is 17.3. The summed E-state index contributed by atoms with van der Waals surface area (Å²) in [7, 11) is 0. The minimum atomic E-state index is 0.208. The van der Waals surface area contributed by atoms with Crippen LogP contribution in [0.15, 0.2) is 12.4 Å². The smallest absolute Gasteiger partial charge is 0.225 e. The van der Waals surface area contributed by atoms with E-state index in [1.807, 2.05) is 12.4 Å². The second-order valence-electron chi connectivity index (χ2n) is 9.11. The van der Waals surface area contributed by atoms with Gasteiger partial charge in [-0.05, 0) is 37.3 Å². The van der Waals surface area contributed by atoms with E-state index in [2.05, 4.69) is 38.5 Å². The first-order valence-electron chi connectivity index (χ1n) is 10.7. The molecule has 4 rings (SSSR count). The first-order chi connectivity index (χ1) is 13.5. The molecule has 7 nitrogen and oxygen atoms in total. The van der Waals surface area contributed by atoms with Crippen LogP contribution in [0.4, 0.5) is 5.95 Å². The van der Waals surface area contributed by atoms with Crippen LogP contribution in [-0.2, 0) is 16.1 Å². The summed E-state index contributed by atoms with van der Waals surface area (Å²) in [5.41, 5.74) is 1.37. The SMILES string of the molecule is CC(C)CN1CC2(CCN(Cc3cnc(N4CCOCC4)nc3)CC2)CC1=O. The predicted octanol–water partition coefficient (Wildman–Crippen LogP) is 1.78. The number of hydrogen-bond acceptors (Lipinski definition) is 6. The Hall–Kier alpha value is -1.73. The van der Waals surface area contributed by atoms with Gasteiger partial charge in [0.2, 0.25) is 11.9 Å². The summed E-state index contributed by atoms with van der Waals surface area (Å²) in [6.07, 6.45) is 6.89. The van der Waals surface area contributed by atoms with E-state index in [9.17, 15) is 4.79 Å². The fourth-order valence-corrected chi connectivity index (χ4v) is 4.72. The van der Waals surface area contributed by atoms with Gasteiger partial charge in [0.25, 0.3) is 0 Å². The van der Waals surface area contributed by atoms with Crippen molar-refractivity contribution in [3.05, 3.63) is 18.0 Å². The highest BCUT2D eigenvalue weighted by Crippen LogP contribution is 2.41. The van der Waals surface area contributed by atoms with Crippen molar-refractivity contribution in [2.24, 2.45) is 11.3 Å². The van der Waals surface area contributed by atoms with Gasteiger partial charge >= 0.3 is 0 Å². The summed E-state index contributed by atoms with van der Waals surface area (Å²) in [4.78, 5) is 28.3. The molecule has 0 bridgehead atoms. The van der Waals surface area contributed by atoms with Gasteiger partial charge in [0.05, 0.1) is 13.2 Å². The molecule has 1 amide bonds. The lowest BCUT2D eigenvalue weighted by atomic mass is 9.77. The monoisotopic (exact) mass is 387 g/mol. The number of ether oxygens (including phenoxy) is 1. The molecule has 3 aliphatic rings. The Labute approximate surface area is 168 Å². The van der Waals surface area contributed by atoms with Crippen LogP contribution in [0.1, 0.15) is 38.7 Å². The predicted molar refractivity (Wildman–Crippen MR) is 108 cm³/mol. The summed E-state index contributed by atoms with van der Waals surface area (Å²) in [6.45, 7) is 12.4. The van der Waals surface area contributed by atoms with Crippen LogP contribution >= 0.6 is 0 Å². The fraction of sp³-hybridized carbons (Fsp3) is 0.762. The molecule has 0 N–H and O–H groups in total. The Kier molecular flexibility index (Phi) is 5.83. The summed E-state index contributed by atoms with van der Waals surface area (Å²) in [5, 5.41) is 0. The zero-order valence-electron chi connectivity index (χ0n) is 17.3. The average molecular weight is 388 g/mol. The number of anilines is 1. The summed E-state index contributed by atoms with van der Waals surface area (Å²) >= 11 is 0.